The number of halogens is 2. The second-order valence-corrected chi connectivity index (χ2v) is 8.97. The van der Waals surface area contributed by atoms with Crippen molar-refractivity contribution in [2.75, 3.05) is 0 Å². The summed E-state index contributed by atoms with van der Waals surface area (Å²) in [5, 5.41) is 1.22. The fraction of sp³-hybridized carbons (Fsp3) is 0.190. The molecule has 154 valence electrons. The number of nitrogens with one attached hydrogen (secondary N) is 1. The highest BCUT2D eigenvalue weighted by atomic mass is 32.2. The molecule has 2 aliphatic rings. The number of benzene rings is 3. The van der Waals surface area contributed by atoms with Crippen LogP contribution in [0, 0.1) is 0 Å². The topological polar surface area (TPSA) is 81.7 Å². The van der Waals surface area contributed by atoms with Crippen LogP contribution in [-0.2, 0) is 20.2 Å². The van der Waals surface area contributed by atoms with E-state index in [1.54, 1.807) is 36.4 Å². The van der Waals surface area contributed by atoms with Crippen molar-refractivity contribution >= 4 is 26.7 Å². The van der Waals surface area contributed by atoms with Gasteiger partial charge >= 0.3 is 6.29 Å². The Labute approximate surface area is 170 Å². The molecular formula is C21H15F2NO5S. The number of fused-ring (bicyclic) bond motifs is 2. The van der Waals surface area contributed by atoms with Crippen LogP contribution in [0.1, 0.15) is 18.4 Å². The third kappa shape index (κ3) is 2.97. The zero-order chi connectivity index (χ0) is 21.1. The van der Waals surface area contributed by atoms with Crippen molar-refractivity contribution in [3.63, 3.8) is 0 Å². The van der Waals surface area contributed by atoms with Crippen LogP contribution in [0.15, 0.2) is 65.6 Å². The number of alkyl halides is 2. The van der Waals surface area contributed by atoms with Gasteiger partial charge in [0.05, 0.1) is 10.3 Å². The first-order valence-corrected chi connectivity index (χ1v) is 10.6. The average Bonchev–Trinajstić information content (AvgIpc) is 3.44. The first-order valence-electron chi connectivity index (χ1n) is 9.16. The molecule has 0 atom stereocenters. The lowest BCUT2D eigenvalue weighted by molar-refractivity contribution is -0.286. The maximum Gasteiger partial charge on any atom is 0.586 e. The number of sulfonamides is 1. The van der Waals surface area contributed by atoms with Gasteiger partial charge in [0.25, 0.3) is 10.0 Å². The van der Waals surface area contributed by atoms with Crippen LogP contribution < -0.4 is 14.2 Å². The minimum Gasteiger partial charge on any atom is -0.395 e. The molecule has 0 aromatic heterocycles. The lowest BCUT2D eigenvalue weighted by Crippen LogP contribution is -2.38. The molecule has 9 heteroatoms. The van der Waals surface area contributed by atoms with Gasteiger partial charge in [-0.1, -0.05) is 42.5 Å². The number of hydrogen-bond acceptors (Lipinski definition) is 5. The van der Waals surface area contributed by atoms with Crippen molar-refractivity contribution in [3.8, 4) is 11.5 Å². The van der Waals surface area contributed by atoms with E-state index in [-0.39, 0.29) is 16.4 Å². The van der Waals surface area contributed by atoms with Crippen LogP contribution in [0.5, 0.6) is 11.5 Å². The Morgan fingerprint density at radius 1 is 0.933 bits per heavy atom. The van der Waals surface area contributed by atoms with E-state index in [0.29, 0.717) is 23.8 Å². The van der Waals surface area contributed by atoms with Gasteiger partial charge in [-0.15, -0.1) is 8.78 Å². The van der Waals surface area contributed by atoms with Gasteiger partial charge in [0.1, 0.15) is 0 Å². The second kappa shape index (κ2) is 6.15. The van der Waals surface area contributed by atoms with E-state index >= 15 is 0 Å². The summed E-state index contributed by atoms with van der Waals surface area (Å²) in [7, 11) is -4.14. The molecule has 1 saturated carbocycles. The molecule has 0 saturated heterocycles. The number of carbonyl (C=O) groups is 1. The quantitative estimate of drug-likeness (QED) is 0.681. The Kier molecular flexibility index (Phi) is 3.85. The summed E-state index contributed by atoms with van der Waals surface area (Å²) in [5.41, 5.74) is -0.721. The molecule has 5 rings (SSSR count). The lowest BCUT2D eigenvalue weighted by Gasteiger charge is -2.17. The predicted octanol–water partition coefficient (Wildman–Crippen LogP) is 3.70. The molecule has 1 aliphatic carbocycles. The molecule has 1 N–H and O–H groups in total. The van der Waals surface area contributed by atoms with Crippen LogP contribution in [-0.4, -0.2) is 20.6 Å². The van der Waals surface area contributed by atoms with Crippen molar-refractivity contribution in [1.29, 1.82) is 0 Å². The molecule has 0 unspecified atom stereocenters. The highest BCUT2D eigenvalue weighted by Crippen LogP contribution is 2.52. The Bertz CT molecular complexity index is 1300. The summed E-state index contributed by atoms with van der Waals surface area (Å²) in [5.74, 6) is -1.03. The monoisotopic (exact) mass is 431 g/mol. The largest absolute Gasteiger partial charge is 0.586 e. The summed E-state index contributed by atoms with van der Waals surface area (Å²) in [4.78, 5) is 13.0. The number of amides is 1. The van der Waals surface area contributed by atoms with E-state index in [0.717, 1.165) is 5.39 Å². The molecular weight excluding hydrogens is 416 g/mol. The van der Waals surface area contributed by atoms with Gasteiger partial charge in [-0.2, -0.15) is 0 Å². The number of rotatable bonds is 4. The molecule has 1 amide bonds. The fourth-order valence-electron chi connectivity index (χ4n) is 3.72. The van der Waals surface area contributed by atoms with E-state index in [9.17, 15) is 22.0 Å². The molecule has 3 aromatic carbocycles. The van der Waals surface area contributed by atoms with E-state index < -0.39 is 27.6 Å². The molecule has 3 aromatic rings. The van der Waals surface area contributed by atoms with Gasteiger partial charge in [0.2, 0.25) is 5.91 Å². The summed E-state index contributed by atoms with van der Waals surface area (Å²) in [6, 6.07) is 15.8. The number of hydrogen-bond donors (Lipinski definition) is 1. The average molecular weight is 431 g/mol. The number of ether oxygens (including phenoxy) is 2. The van der Waals surface area contributed by atoms with Crippen LogP contribution in [0.25, 0.3) is 10.8 Å². The zero-order valence-electron chi connectivity index (χ0n) is 15.4. The first kappa shape index (κ1) is 18.8. The summed E-state index contributed by atoms with van der Waals surface area (Å²) < 4.78 is 63.4. The third-order valence-corrected chi connectivity index (χ3v) is 6.79. The Balaban J connectivity index is 1.46. The van der Waals surface area contributed by atoms with Crippen LogP contribution >= 0.6 is 0 Å². The minimum absolute atomic E-state index is 0.00456. The Morgan fingerprint density at radius 2 is 1.63 bits per heavy atom. The van der Waals surface area contributed by atoms with Crippen molar-refractivity contribution in [2.45, 2.75) is 29.4 Å². The molecule has 0 radical (unpaired) electrons. The fourth-order valence-corrected chi connectivity index (χ4v) is 5.01. The maximum atomic E-state index is 13.3. The van der Waals surface area contributed by atoms with Crippen molar-refractivity contribution in [2.24, 2.45) is 0 Å². The highest BCUT2D eigenvalue weighted by Gasteiger charge is 2.53. The SMILES string of the molecule is O=C(NS(=O)(=O)c1cccc2ccccc12)C1(c2ccc3c(c2)OC(F)(F)O3)CC1. The molecule has 6 nitrogen and oxygen atoms in total. The summed E-state index contributed by atoms with van der Waals surface area (Å²) >= 11 is 0. The normalized spacial score (nSPS) is 18.2. The molecule has 30 heavy (non-hydrogen) atoms. The van der Waals surface area contributed by atoms with Gasteiger partial charge in [0.15, 0.2) is 11.5 Å². The number of carbonyl (C=O) groups excluding carboxylic acids is 1. The van der Waals surface area contributed by atoms with Gasteiger partial charge in [-0.25, -0.2) is 13.1 Å². The lowest BCUT2D eigenvalue weighted by atomic mass is 9.95. The summed E-state index contributed by atoms with van der Waals surface area (Å²) in [6.45, 7) is 0. The van der Waals surface area contributed by atoms with E-state index in [1.165, 1.54) is 24.3 Å². The molecule has 1 fully saturated rings. The van der Waals surface area contributed by atoms with Gasteiger partial charge in [-0.3, -0.25) is 4.79 Å². The van der Waals surface area contributed by atoms with Crippen LogP contribution in [0.2, 0.25) is 0 Å². The molecule has 0 spiro atoms. The van der Waals surface area contributed by atoms with Gasteiger partial charge < -0.3 is 9.47 Å². The Hall–Kier alpha value is -3.20. The minimum atomic E-state index is -4.14. The van der Waals surface area contributed by atoms with Crippen molar-refractivity contribution < 1.29 is 31.5 Å². The van der Waals surface area contributed by atoms with Gasteiger partial charge in [0, 0.05) is 5.39 Å². The van der Waals surface area contributed by atoms with E-state index in [1.807, 2.05) is 0 Å². The van der Waals surface area contributed by atoms with E-state index in [2.05, 4.69) is 14.2 Å². The highest BCUT2D eigenvalue weighted by molar-refractivity contribution is 7.90. The van der Waals surface area contributed by atoms with E-state index in [4.69, 9.17) is 0 Å². The second-order valence-electron chi connectivity index (χ2n) is 7.32. The van der Waals surface area contributed by atoms with Crippen molar-refractivity contribution in [3.05, 3.63) is 66.2 Å². The zero-order valence-corrected chi connectivity index (χ0v) is 16.2. The Morgan fingerprint density at radius 3 is 2.40 bits per heavy atom. The first-order chi connectivity index (χ1) is 14.2. The summed E-state index contributed by atoms with van der Waals surface area (Å²) in [6.07, 6.45) is -2.99. The van der Waals surface area contributed by atoms with Gasteiger partial charge in [-0.05, 0) is 42.0 Å². The predicted molar refractivity (Wildman–Crippen MR) is 103 cm³/mol. The smallest absolute Gasteiger partial charge is 0.395 e. The van der Waals surface area contributed by atoms with Crippen molar-refractivity contribution in [1.82, 2.24) is 4.72 Å². The third-order valence-electron chi connectivity index (χ3n) is 5.40. The molecule has 1 heterocycles. The molecule has 0 bridgehead atoms. The van der Waals surface area contributed by atoms with Crippen LogP contribution in [0.3, 0.4) is 0 Å². The standard InChI is InChI=1S/C21H15F2NO5S/c22-21(23)28-16-9-8-14(12-17(16)29-21)20(10-11-20)19(25)24-30(26,27)18-7-3-5-13-4-1-2-6-15(13)18/h1-9,12H,10-11H2,(H,24,25). The maximum absolute atomic E-state index is 13.3. The van der Waals surface area contributed by atoms with Crippen LogP contribution in [0.4, 0.5) is 8.78 Å². The molecule has 1 aliphatic heterocycles.